The molecule has 1 N–H and O–H groups in total. The zero-order chi connectivity index (χ0) is 18.9. The van der Waals surface area contributed by atoms with Gasteiger partial charge in [0.1, 0.15) is 10.0 Å². The second kappa shape index (κ2) is 7.51. The highest BCUT2D eigenvalue weighted by Crippen LogP contribution is 2.26. The van der Waals surface area contributed by atoms with E-state index in [2.05, 4.69) is 25.6 Å². The molecule has 0 spiro atoms. The zero-order valence-corrected chi connectivity index (χ0v) is 17.3. The average Bonchev–Trinajstić information content (AvgIpc) is 3.27. The van der Waals surface area contributed by atoms with E-state index in [9.17, 15) is 8.42 Å². The first-order chi connectivity index (χ1) is 13.0. The molecule has 4 rings (SSSR count). The Balaban J connectivity index is 1.62. The van der Waals surface area contributed by atoms with Crippen LogP contribution in [0.4, 0.5) is 0 Å². The number of benzene rings is 1. The lowest BCUT2D eigenvalue weighted by Gasteiger charge is -2.10. The molecule has 0 aliphatic rings. The minimum atomic E-state index is -3.53. The first kappa shape index (κ1) is 18.3. The van der Waals surface area contributed by atoms with Crippen molar-refractivity contribution < 1.29 is 8.42 Å². The van der Waals surface area contributed by atoms with E-state index in [4.69, 9.17) is 4.98 Å². The van der Waals surface area contributed by atoms with E-state index >= 15 is 0 Å². The SMILES string of the molecule is O=S(=O)(NCCn1c(-c2ccncc2)nc2ccccc21)c1ccc(Br)s1. The summed E-state index contributed by atoms with van der Waals surface area (Å²) in [5.41, 5.74) is 2.77. The minimum Gasteiger partial charge on any atom is -0.323 e. The molecule has 0 radical (unpaired) electrons. The Morgan fingerprint density at radius 3 is 2.59 bits per heavy atom. The molecule has 0 aliphatic heterocycles. The first-order valence-electron chi connectivity index (χ1n) is 8.15. The van der Waals surface area contributed by atoms with E-state index in [1.54, 1.807) is 24.5 Å². The molecule has 0 bridgehead atoms. The van der Waals surface area contributed by atoms with E-state index in [1.807, 2.05) is 41.0 Å². The Bertz CT molecular complexity index is 1190. The summed E-state index contributed by atoms with van der Waals surface area (Å²) in [5, 5.41) is 0. The molecule has 0 atom stereocenters. The number of hydrogen-bond donors (Lipinski definition) is 1. The number of aromatic nitrogens is 3. The number of thiophene rings is 1. The van der Waals surface area contributed by atoms with E-state index < -0.39 is 10.0 Å². The molecule has 0 fully saturated rings. The van der Waals surface area contributed by atoms with Crippen LogP contribution in [0.25, 0.3) is 22.4 Å². The number of fused-ring (bicyclic) bond motifs is 1. The van der Waals surface area contributed by atoms with Gasteiger partial charge < -0.3 is 4.57 Å². The maximum absolute atomic E-state index is 12.4. The lowest BCUT2D eigenvalue weighted by atomic mass is 10.2. The first-order valence-corrected chi connectivity index (χ1v) is 11.2. The van der Waals surface area contributed by atoms with Crippen LogP contribution in [-0.2, 0) is 16.6 Å². The van der Waals surface area contributed by atoms with E-state index in [1.165, 1.54) is 11.3 Å². The molecule has 1 aromatic carbocycles. The fraction of sp³-hybridized carbons (Fsp3) is 0.111. The third kappa shape index (κ3) is 3.81. The van der Waals surface area contributed by atoms with Crippen molar-refractivity contribution in [3.8, 4) is 11.4 Å². The van der Waals surface area contributed by atoms with E-state index in [0.717, 1.165) is 26.2 Å². The van der Waals surface area contributed by atoms with Crippen LogP contribution in [0.3, 0.4) is 0 Å². The number of sulfonamides is 1. The van der Waals surface area contributed by atoms with Gasteiger partial charge in [0.25, 0.3) is 0 Å². The Kier molecular flexibility index (Phi) is 5.09. The summed E-state index contributed by atoms with van der Waals surface area (Å²) in [6, 6.07) is 14.9. The van der Waals surface area contributed by atoms with Crippen LogP contribution >= 0.6 is 27.3 Å². The van der Waals surface area contributed by atoms with Crippen LogP contribution in [0, 0.1) is 0 Å². The number of rotatable bonds is 6. The molecule has 0 unspecified atom stereocenters. The van der Waals surface area contributed by atoms with Gasteiger partial charge in [0.2, 0.25) is 10.0 Å². The van der Waals surface area contributed by atoms with E-state index in [0.29, 0.717) is 10.8 Å². The second-order valence-electron chi connectivity index (χ2n) is 5.77. The molecule has 4 aromatic rings. The predicted octanol–water partition coefficient (Wildman–Crippen LogP) is 3.90. The Morgan fingerprint density at radius 1 is 1.07 bits per heavy atom. The molecular weight excluding hydrogens is 448 g/mol. The molecular formula is C18H15BrN4O2S2. The summed E-state index contributed by atoms with van der Waals surface area (Å²) in [7, 11) is -3.53. The van der Waals surface area contributed by atoms with Crippen LogP contribution in [0.1, 0.15) is 0 Å². The van der Waals surface area contributed by atoms with Gasteiger partial charge in [-0.25, -0.2) is 18.1 Å². The van der Waals surface area contributed by atoms with Gasteiger partial charge in [-0.3, -0.25) is 4.98 Å². The number of pyridine rings is 1. The summed E-state index contributed by atoms with van der Waals surface area (Å²) in [5.74, 6) is 0.789. The number of para-hydroxylation sites is 2. The normalized spacial score (nSPS) is 11.9. The largest absolute Gasteiger partial charge is 0.323 e. The molecule has 0 saturated carbocycles. The summed E-state index contributed by atoms with van der Waals surface area (Å²) in [4.78, 5) is 8.77. The maximum atomic E-state index is 12.4. The fourth-order valence-corrected chi connectivity index (χ4v) is 5.90. The average molecular weight is 463 g/mol. The monoisotopic (exact) mass is 462 g/mol. The number of nitrogens with zero attached hydrogens (tertiary/aromatic N) is 3. The van der Waals surface area contributed by atoms with Crippen molar-refractivity contribution >= 4 is 48.3 Å². The molecule has 0 amide bonds. The molecule has 0 saturated heterocycles. The Labute approximate surface area is 169 Å². The minimum absolute atomic E-state index is 0.260. The van der Waals surface area contributed by atoms with Crippen molar-refractivity contribution in [2.75, 3.05) is 6.54 Å². The number of imidazole rings is 1. The Morgan fingerprint density at radius 2 is 1.85 bits per heavy atom. The van der Waals surface area contributed by atoms with Crippen molar-refractivity contribution in [3.63, 3.8) is 0 Å². The van der Waals surface area contributed by atoms with Gasteiger partial charge in [-0.2, -0.15) is 0 Å². The molecule has 3 aromatic heterocycles. The van der Waals surface area contributed by atoms with Crippen LogP contribution in [0.2, 0.25) is 0 Å². The van der Waals surface area contributed by atoms with Crippen molar-refractivity contribution in [1.29, 1.82) is 0 Å². The van der Waals surface area contributed by atoms with Crippen LogP contribution < -0.4 is 4.72 Å². The van der Waals surface area contributed by atoms with Gasteiger partial charge >= 0.3 is 0 Å². The third-order valence-corrected chi connectivity index (χ3v) is 7.61. The van der Waals surface area contributed by atoms with Crippen molar-refractivity contribution in [1.82, 2.24) is 19.3 Å². The maximum Gasteiger partial charge on any atom is 0.250 e. The lowest BCUT2D eigenvalue weighted by Crippen LogP contribution is -2.27. The Hall–Kier alpha value is -2.07. The van der Waals surface area contributed by atoms with Gasteiger partial charge in [0.05, 0.1) is 14.8 Å². The smallest absolute Gasteiger partial charge is 0.250 e. The number of halogens is 1. The quantitative estimate of drug-likeness (QED) is 0.471. The van der Waals surface area contributed by atoms with Gasteiger partial charge in [-0.1, -0.05) is 12.1 Å². The summed E-state index contributed by atoms with van der Waals surface area (Å²) >= 11 is 4.48. The molecule has 6 nitrogen and oxygen atoms in total. The summed E-state index contributed by atoms with van der Waals surface area (Å²) < 4.78 is 30.6. The second-order valence-corrected chi connectivity index (χ2v) is 10.2. The van der Waals surface area contributed by atoms with Crippen LogP contribution in [0.5, 0.6) is 0 Å². The third-order valence-electron chi connectivity index (χ3n) is 4.03. The van der Waals surface area contributed by atoms with Crippen molar-refractivity contribution in [3.05, 3.63) is 64.7 Å². The van der Waals surface area contributed by atoms with Gasteiger partial charge in [-0.15, -0.1) is 11.3 Å². The lowest BCUT2D eigenvalue weighted by molar-refractivity contribution is 0.577. The molecule has 27 heavy (non-hydrogen) atoms. The van der Waals surface area contributed by atoms with Crippen molar-refractivity contribution in [2.45, 2.75) is 10.8 Å². The number of hydrogen-bond acceptors (Lipinski definition) is 5. The van der Waals surface area contributed by atoms with Gasteiger partial charge in [-0.05, 0) is 52.3 Å². The van der Waals surface area contributed by atoms with Crippen molar-refractivity contribution in [2.24, 2.45) is 0 Å². The molecule has 3 heterocycles. The number of nitrogens with one attached hydrogen (secondary N) is 1. The highest BCUT2D eigenvalue weighted by atomic mass is 79.9. The van der Waals surface area contributed by atoms with Crippen LogP contribution in [-0.4, -0.2) is 29.5 Å². The summed E-state index contributed by atoms with van der Waals surface area (Å²) in [6.45, 7) is 0.722. The predicted molar refractivity (Wildman–Crippen MR) is 110 cm³/mol. The highest BCUT2D eigenvalue weighted by Gasteiger charge is 2.17. The zero-order valence-electron chi connectivity index (χ0n) is 14.0. The molecule has 0 aliphatic carbocycles. The summed E-state index contributed by atoms with van der Waals surface area (Å²) in [6.07, 6.45) is 3.44. The molecule has 9 heteroatoms. The van der Waals surface area contributed by atoms with Gasteiger partial charge in [0, 0.05) is 31.0 Å². The van der Waals surface area contributed by atoms with Crippen LogP contribution in [0.15, 0.2) is 68.9 Å². The highest BCUT2D eigenvalue weighted by molar-refractivity contribution is 9.11. The topological polar surface area (TPSA) is 76.9 Å². The van der Waals surface area contributed by atoms with E-state index in [-0.39, 0.29) is 6.54 Å². The standard InChI is InChI=1S/C18H15BrN4O2S2/c19-16-5-6-17(26-16)27(24,25)21-11-12-23-15-4-2-1-3-14(15)22-18(23)13-7-9-20-10-8-13/h1-10,21H,11-12H2. The fourth-order valence-electron chi connectivity index (χ4n) is 2.83. The van der Waals surface area contributed by atoms with Gasteiger partial charge in [0.15, 0.2) is 0 Å². The molecule has 138 valence electrons.